The summed E-state index contributed by atoms with van der Waals surface area (Å²) in [6.07, 6.45) is 3.40. The summed E-state index contributed by atoms with van der Waals surface area (Å²) in [5.74, 6) is 1.67. The molecule has 0 radical (unpaired) electrons. The molecule has 0 bridgehead atoms. The maximum absolute atomic E-state index is 11.2. The maximum Gasteiger partial charge on any atom is 0.0733 e. The van der Waals surface area contributed by atoms with E-state index in [1.54, 1.807) is 0 Å². The third-order valence-corrected chi connectivity index (χ3v) is 4.76. The second-order valence-corrected chi connectivity index (χ2v) is 6.99. The molecule has 3 nitrogen and oxygen atoms in total. The van der Waals surface area contributed by atoms with Gasteiger partial charge in [-0.25, -0.2) is 0 Å². The molecule has 0 spiro atoms. The van der Waals surface area contributed by atoms with Gasteiger partial charge >= 0.3 is 0 Å². The molecule has 2 rings (SSSR count). The van der Waals surface area contributed by atoms with Crippen LogP contribution in [0.3, 0.4) is 0 Å². The molecule has 1 saturated carbocycles. The summed E-state index contributed by atoms with van der Waals surface area (Å²) in [5.41, 5.74) is 5.99. The van der Waals surface area contributed by atoms with Crippen molar-refractivity contribution in [2.45, 2.75) is 19.3 Å². The normalized spacial score (nSPS) is 26.4. The van der Waals surface area contributed by atoms with Gasteiger partial charge in [-0.3, -0.25) is 4.21 Å². The predicted molar refractivity (Wildman–Crippen MR) is 67.4 cm³/mol. The van der Waals surface area contributed by atoms with Crippen molar-refractivity contribution < 1.29 is 4.21 Å². The number of thiocarbonyl (C=S) groups is 1. The van der Waals surface area contributed by atoms with Crippen molar-refractivity contribution in [2.24, 2.45) is 11.1 Å². The van der Waals surface area contributed by atoms with Crippen molar-refractivity contribution in [3.8, 4) is 0 Å². The topological polar surface area (TPSA) is 46.3 Å². The van der Waals surface area contributed by atoms with Crippen LogP contribution in [0, 0.1) is 5.41 Å². The zero-order valence-corrected chi connectivity index (χ0v) is 10.5. The second-order valence-electron chi connectivity index (χ2n) is 4.77. The summed E-state index contributed by atoms with van der Waals surface area (Å²) in [6, 6.07) is 0. The lowest BCUT2D eigenvalue weighted by molar-refractivity contribution is 0.240. The number of hydrogen-bond acceptors (Lipinski definition) is 3. The van der Waals surface area contributed by atoms with Gasteiger partial charge in [0.25, 0.3) is 0 Å². The fourth-order valence-electron chi connectivity index (χ4n) is 2.25. The van der Waals surface area contributed by atoms with Crippen LogP contribution in [0.15, 0.2) is 0 Å². The Kier molecular flexibility index (Phi) is 3.42. The van der Waals surface area contributed by atoms with Crippen molar-refractivity contribution in [2.75, 3.05) is 31.1 Å². The van der Waals surface area contributed by atoms with E-state index < -0.39 is 10.8 Å². The summed E-state index contributed by atoms with van der Waals surface area (Å²) in [5, 5.41) is 0. The lowest BCUT2D eigenvalue weighted by Gasteiger charge is -2.30. The van der Waals surface area contributed by atoms with E-state index in [4.69, 9.17) is 18.0 Å². The molecule has 0 aromatic rings. The van der Waals surface area contributed by atoms with E-state index in [0.29, 0.717) is 10.4 Å². The van der Waals surface area contributed by atoms with Gasteiger partial charge in [0.05, 0.1) is 4.99 Å². The van der Waals surface area contributed by atoms with E-state index in [2.05, 4.69) is 4.90 Å². The molecule has 0 amide bonds. The number of hydrogen-bond donors (Lipinski definition) is 1. The molecular weight excluding hydrogens is 228 g/mol. The highest BCUT2D eigenvalue weighted by atomic mass is 32.2. The highest BCUT2D eigenvalue weighted by molar-refractivity contribution is 7.85. The van der Waals surface area contributed by atoms with E-state index in [1.165, 1.54) is 12.8 Å². The van der Waals surface area contributed by atoms with Gasteiger partial charge < -0.3 is 10.6 Å². The van der Waals surface area contributed by atoms with Gasteiger partial charge in [-0.2, -0.15) is 0 Å². The molecule has 86 valence electrons. The quantitative estimate of drug-likeness (QED) is 0.734. The first-order valence-corrected chi connectivity index (χ1v) is 7.35. The van der Waals surface area contributed by atoms with Crippen molar-refractivity contribution in [1.29, 1.82) is 0 Å². The first-order chi connectivity index (χ1) is 7.10. The molecular formula is C10H18N2OS2. The molecule has 2 N–H and O–H groups in total. The molecule has 1 aliphatic carbocycles. The van der Waals surface area contributed by atoms with Gasteiger partial charge in [-0.1, -0.05) is 12.2 Å². The van der Waals surface area contributed by atoms with Gasteiger partial charge in [0.1, 0.15) is 0 Å². The number of nitrogens with zero attached hydrogens (tertiary/aromatic N) is 1. The van der Waals surface area contributed by atoms with Gasteiger partial charge in [0, 0.05) is 48.4 Å². The Bertz CT molecular complexity index is 279. The Morgan fingerprint density at radius 3 is 2.47 bits per heavy atom. The molecule has 0 aromatic heterocycles. The zero-order chi connectivity index (χ0) is 10.9. The molecule has 15 heavy (non-hydrogen) atoms. The van der Waals surface area contributed by atoms with Crippen molar-refractivity contribution >= 4 is 28.0 Å². The minimum atomic E-state index is -0.572. The molecule has 1 aliphatic heterocycles. The van der Waals surface area contributed by atoms with Gasteiger partial charge in [0.2, 0.25) is 0 Å². The highest BCUT2D eigenvalue weighted by Gasteiger charge is 2.44. The van der Waals surface area contributed by atoms with Crippen LogP contribution in [-0.4, -0.2) is 45.2 Å². The molecule has 0 unspecified atom stereocenters. The van der Waals surface area contributed by atoms with Crippen LogP contribution in [0.5, 0.6) is 0 Å². The Hall–Kier alpha value is -0.0000000000000000555. The molecule has 1 saturated heterocycles. The number of nitrogens with two attached hydrogens (primary N) is 1. The van der Waals surface area contributed by atoms with E-state index in [9.17, 15) is 4.21 Å². The van der Waals surface area contributed by atoms with E-state index in [-0.39, 0.29) is 0 Å². The fraction of sp³-hybridized carbons (Fsp3) is 0.900. The third-order valence-electron chi connectivity index (χ3n) is 3.34. The molecule has 1 heterocycles. The maximum atomic E-state index is 11.2. The average Bonchev–Trinajstić information content (AvgIpc) is 2.88. The minimum Gasteiger partial charge on any atom is -0.393 e. The second kappa shape index (κ2) is 4.47. The van der Waals surface area contributed by atoms with Crippen LogP contribution in [0.1, 0.15) is 19.3 Å². The molecule has 2 fully saturated rings. The van der Waals surface area contributed by atoms with E-state index in [1.807, 2.05) is 0 Å². The van der Waals surface area contributed by atoms with E-state index in [0.717, 1.165) is 37.6 Å². The summed E-state index contributed by atoms with van der Waals surface area (Å²) in [7, 11) is -0.572. The van der Waals surface area contributed by atoms with Crippen molar-refractivity contribution in [3.63, 3.8) is 0 Å². The minimum absolute atomic E-state index is 0.380. The Labute approximate surface area is 98.8 Å². The molecule has 2 aliphatic rings. The highest BCUT2D eigenvalue weighted by Crippen LogP contribution is 2.49. The standard InChI is InChI=1S/C10H18N2OS2/c11-9(14)7-10(1-2-10)8-12-3-5-15(13)6-4-12/h1-8H2,(H2,11,14). The smallest absolute Gasteiger partial charge is 0.0733 e. The van der Waals surface area contributed by atoms with Crippen LogP contribution >= 0.6 is 12.2 Å². The summed E-state index contributed by atoms with van der Waals surface area (Å²) < 4.78 is 11.2. The lowest BCUT2D eigenvalue weighted by Crippen LogP contribution is -2.41. The third kappa shape index (κ3) is 3.23. The Balaban J connectivity index is 1.81. The molecule has 5 heteroatoms. The Morgan fingerprint density at radius 2 is 2.00 bits per heavy atom. The summed E-state index contributed by atoms with van der Waals surface area (Å²) >= 11 is 4.98. The van der Waals surface area contributed by atoms with Crippen molar-refractivity contribution in [1.82, 2.24) is 4.90 Å². The molecule has 0 aromatic carbocycles. The van der Waals surface area contributed by atoms with Gasteiger partial charge in [-0.05, 0) is 18.3 Å². The van der Waals surface area contributed by atoms with E-state index >= 15 is 0 Å². The zero-order valence-electron chi connectivity index (χ0n) is 8.91. The van der Waals surface area contributed by atoms with Crippen LogP contribution < -0.4 is 5.73 Å². The summed E-state index contributed by atoms with van der Waals surface area (Å²) in [4.78, 5) is 3.07. The SMILES string of the molecule is NC(=S)CC1(CN2CCS(=O)CC2)CC1. The van der Waals surface area contributed by atoms with Crippen LogP contribution in [0.2, 0.25) is 0 Å². The van der Waals surface area contributed by atoms with Crippen molar-refractivity contribution in [3.05, 3.63) is 0 Å². The predicted octanol–water partition coefficient (Wildman–Crippen LogP) is 0.507. The average molecular weight is 246 g/mol. The van der Waals surface area contributed by atoms with Crippen LogP contribution in [0.25, 0.3) is 0 Å². The monoisotopic (exact) mass is 246 g/mol. The van der Waals surface area contributed by atoms with Gasteiger partial charge in [-0.15, -0.1) is 0 Å². The van der Waals surface area contributed by atoms with Crippen LogP contribution in [0.4, 0.5) is 0 Å². The fourth-order valence-corrected chi connectivity index (χ4v) is 3.68. The first-order valence-electron chi connectivity index (χ1n) is 5.45. The Morgan fingerprint density at radius 1 is 1.40 bits per heavy atom. The lowest BCUT2D eigenvalue weighted by atomic mass is 10.0. The summed E-state index contributed by atoms with van der Waals surface area (Å²) in [6.45, 7) is 3.05. The van der Waals surface area contributed by atoms with Crippen LogP contribution in [-0.2, 0) is 10.8 Å². The largest absolute Gasteiger partial charge is 0.393 e. The number of rotatable bonds is 4. The van der Waals surface area contributed by atoms with Gasteiger partial charge in [0.15, 0.2) is 0 Å². The molecule has 0 atom stereocenters. The first kappa shape index (κ1) is 11.5.